The van der Waals surface area contributed by atoms with Crippen molar-refractivity contribution in [3.63, 3.8) is 0 Å². The van der Waals surface area contributed by atoms with E-state index >= 15 is 0 Å². The number of ether oxygens (including phenoxy) is 2. The Balaban J connectivity index is 1.55. The molecule has 1 saturated heterocycles. The van der Waals surface area contributed by atoms with Crippen LogP contribution in [-0.4, -0.2) is 17.8 Å². The van der Waals surface area contributed by atoms with Crippen molar-refractivity contribution >= 4 is 57.9 Å². The highest BCUT2D eigenvalue weighted by Crippen LogP contribution is 2.37. The van der Waals surface area contributed by atoms with E-state index in [1.165, 1.54) is 0 Å². The number of carbonyl (C=O) groups is 2. The Kier molecular flexibility index (Phi) is 7.28. The minimum absolute atomic E-state index is 0.317. The van der Waals surface area contributed by atoms with Crippen molar-refractivity contribution in [2.24, 2.45) is 0 Å². The second-order valence-corrected chi connectivity index (χ2v) is 8.92. The summed E-state index contributed by atoms with van der Waals surface area (Å²) in [4.78, 5) is 26.8. The number of hydrogen-bond donors (Lipinski definition) is 0. The van der Waals surface area contributed by atoms with Gasteiger partial charge in [-0.05, 0) is 78.4 Å². The molecule has 4 rings (SSSR count). The molecule has 3 aromatic carbocycles. The summed E-state index contributed by atoms with van der Waals surface area (Å²) < 4.78 is 11.7. The Morgan fingerprint density at radius 2 is 1.70 bits per heavy atom. The van der Waals surface area contributed by atoms with Gasteiger partial charge in [-0.15, -0.1) is 0 Å². The van der Waals surface area contributed by atoms with Gasteiger partial charge in [0.25, 0.3) is 11.1 Å². The third kappa shape index (κ3) is 5.53. The summed E-state index contributed by atoms with van der Waals surface area (Å²) in [6, 6.07) is 19.4. The standard InChI is InChI=1S/C25H19Cl2NO4S/c1-2-31-22-12-17(8-11-21(22)32-15-16-6-9-18(26)10-7-16)13-23-24(29)28(25(30)33-23)20-5-3-4-19(27)14-20/h3-14H,2,15H2,1H3/b23-13-. The van der Waals surface area contributed by atoms with Crippen molar-refractivity contribution in [1.82, 2.24) is 0 Å². The second-order valence-electron chi connectivity index (χ2n) is 7.05. The lowest BCUT2D eigenvalue weighted by Crippen LogP contribution is -2.27. The molecule has 0 bridgehead atoms. The van der Waals surface area contributed by atoms with Gasteiger partial charge in [0.2, 0.25) is 0 Å². The first-order chi connectivity index (χ1) is 15.9. The summed E-state index contributed by atoms with van der Waals surface area (Å²) in [7, 11) is 0. The first-order valence-corrected chi connectivity index (χ1v) is 11.7. The molecule has 3 aromatic rings. The number of imide groups is 1. The molecule has 0 radical (unpaired) electrons. The number of hydrogen-bond acceptors (Lipinski definition) is 5. The van der Waals surface area contributed by atoms with Gasteiger partial charge in [0.05, 0.1) is 17.2 Å². The van der Waals surface area contributed by atoms with E-state index in [-0.39, 0.29) is 5.24 Å². The molecule has 0 unspecified atom stereocenters. The fourth-order valence-corrected chi connectivity index (χ4v) is 4.35. The number of anilines is 1. The van der Waals surface area contributed by atoms with Crippen LogP contribution in [0.5, 0.6) is 11.5 Å². The molecule has 0 saturated carbocycles. The maximum absolute atomic E-state index is 12.9. The molecule has 8 heteroatoms. The number of nitrogens with zero attached hydrogens (tertiary/aromatic N) is 1. The van der Waals surface area contributed by atoms with Crippen LogP contribution in [0.3, 0.4) is 0 Å². The molecular weight excluding hydrogens is 481 g/mol. The highest BCUT2D eigenvalue weighted by molar-refractivity contribution is 8.19. The molecule has 0 N–H and O–H groups in total. The minimum atomic E-state index is -0.395. The van der Waals surface area contributed by atoms with Crippen molar-refractivity contribution in [1.29, 1.82) is 0 Å². The lowest BCUT2D eigenvalue weighted by Gasteiger charge is -2.13. The Morgan fingerprint density at radius 3 is 2.42 bits per heavy atom. The van der Waals surface area contributed by atoms with E-state index in [1.54, 1.807) is 42.5 Å². The highest BCUT2D eigenvalue weighted by atomic mass is 35.5. The van der Waals surface area contributed by atoms with Gasteiger partial charge in [-0.2, -0.15) is 0 Å². The minimum Gasteiger partial charge on any atom is -0.490 e. The first kappa shape index (κ1) is 23.2. The average molecular weight is 500 g/mol. The predicted molar refractivity (Wildman–Crippen MR) is 133 cm³/mol. The molecule has 2 amide bonds. The fraction of sp³-hybridized carbons (Fsp3) is 0.120. The summed E-state index contributed by atoms with van der Waals surface area (Å²) in [5.41, 5.74) is 2.13. The topological polar surface area (TPSA) is 55.8 Å². The monoisotopic (exact) mass is 499 g/mol. The number of halogens is 2. The second kappa shape index (κ2) is 10.3. The molecule has 1 fully saturated rings. The van der Waals surface area contributed by atoms with Gasteiger partial charge in [-0.25, -0.2) is 4.90 Å². The summed E-state index contributed by atoms with van der Waals surface area (Å²) in [5, 5.41) is 0.741. The Bertz CT molecular complexity index is 1230. The molecule has 33 heavy (non-hydrogen) atoms. The Labute approximate surface area is 205 Å². The molecule has 168 valence electrons. The van der Waals surface area contributed by atoms with E-state index in [0.717, 1.165) is 22.2 Å². The molecule has 1 aliphatic rings. The summed E-state index contributed by atoms with van der Waals surface area (Å²) in [6.45, 7) is 2.69. The van der Waals surface area contributed by atoms with Crippen LogP contribution in [0.1, 0.15) is 18.1 Å². The van der Waals surface area contributed by atoms with Gasteiger partial charge in [0.1, 0.15) is 6.61 Å². The normalized spacial score (nSPS) is 14.8. The van der Waals surface area contributed by atoms with Crippen LogP contribution in [0.4, 0.5) is 10.5 Å². The smallest absolute Gasteiger partial charge is 0.298 e. The summed E-state index contributed by atoms with van der Waals surface area (Å²) in [6.07, 6.45) is 1.67. The van der Waals surface area contributed by atoms with Crippen LogP contribution in [0.15, 0.2) is 71.6 Å². The highest BCUT2D eigenvalue weighted by Gasteiger charge is 2.36. The summed E-state index contributed by atoms with van der Waals surface area (Å²) in [5.74, 6) is 0.735. The van der Waals surface area contributed by atoms with Gasteiger partial charge < -0.3 is 9.47 Å². The molecule has 0 spiro atoms. The zero-order valence-corrected chi connectivity index (χ0v) is 19.9. The first-order valence-electron chi connectivity index (χ1n) is 10.1. The molecular formula is C25H19Cl2NO4S. The number of rotatable bonds is 7. The molecule has 5 nitrogen and oxygen atoms in total. The summed E-state index contributed by atoms with van der Waals surface area (Å²) >= 11 is 12.8. The van der Waals surface area contributed by atoms with E-state index in [2.05, 4.69) is 0 Å². The Morgan fingerprint density at radius 1 is 0.909 bits per heavy atom. The molecule has 0 aromatic heterocycles. The van der Waals surface area contributed by atoms with Crippen LogP contribution in [0.2, 0.25) is 10.0 Å². The van der Waals surface area contributed by atoms with Crippen molar-refractivity contribution in [3.8, 4) is 11.5 Å². The lowest BCUT2D eigenvalue weighted by atomic mass is 10.1. The fourth-order valence-electron chi connectivity index (χ4n) is 3.20. The number of thioether (sulfide) groups is 1. The molecule has 0 atom stereocenters. The van der Waals surface area contributed by atoms with Crippen LogP contribution in [0, 0.1) is 0 Å². The zero-order valence-electron chi connectivity index (χ0n) is 17.6. The van der Waals surface area contributed by atoms with Gasteiger partial charge in [-0.1, -0.05) is 47.5 Å². The van der Waals surface area contributed by atoms with E-state index in [0.29, 0.717) is 50.9 Å². The van der Waals surface area contributed by atoms with E-state index in [4.69, 9.17) is 32.7 Å². The Hall–Kier alpha value is -2.93. The third-order valence-electron chi connectivity index (χ3n) is 4.73. The zero-order chi connectivity index (χ0) is 23.4. The van der Waals surface area contributed by atoms with Crippen molar-refractivity contribution in [2.45, 2.75) is 13.5 Å². The van der Waals surface area contributed by atoms with E-state index in [9.17, 15) is 9.59 Å². The number of benzene rings is 3. The van der Waals surface area contributed by atoms with Crippen molar-refractivity contribution < 1.29 is 19.1 Å². The van der Waals surface area contributed by atoms with Crippen LogP contribution in [-0.2, 0) is 11.4 Å². The van der Waals surface area contributed by atoms with Crippen molar-refractivity contribution in [3.05, 3.63) is 92.8 Å². The molecule has 0 aliphatic carbocycles. The van der Waals surface area contributed by atoms with Crippen LogP contribution < -0.4 is 14.4 Å². The number of carbonyl (C=O) groups excluding carboxylic acids is 2. The van der Waals surface area contributed by atoms with Gasteiger partial charge in [0, 0.05) is 10.0 Å². The maximum Gasteiger partial charge on any atom is 0.298 e. The molecule has 1 heterocycles. The van der Waals surface area contributed by atoms with Gasteiger partial charge in [0.15, 0.2) is 11.5 Å². The third-order valence-corrected chi connectivity index (χ3v) is 6.09. The molecule has 1 aliphatic heterocycles. The van der Waals surface area contributed by atoms with Gasteiger partial charge in [-0.3, -0.25) is 9.59 Å². The largest absolute Gasteiger partial charge is 0.490 e. The van der Waals surface area contributed by atoms with E-state index in [1.807, 2.05) is 37.3 Å². The SMILES string of the molecule is CCOc1cc(/C=C2\SC(=O)N(c3cccc(Cl)c3)C2=O)ccc1OCc1ccc(Cl)cc1. The van der Waals surface area contributed by atoms with Crippen LogP contribution >= 0.6 is 35.0 Å². The quantitative estimate of drug-likeness (QED) is 0.321. The maximum atomic E-state index is 12.9. The lowest BCUT2D eigenvalue weighted by molar-refractivity contribution is -0.113. The number of amides is 2. The van der Waals surface area contributed by atoms with E-state index < -0.39 is 5.91 Å². The predicted octanol–water partition coefficient (Wildman–Crippen LogP) is 7.21. The van der Waals surface area contributed by atoms with Crippen molar-refractivity contribution in [2.75, 3.05) is 11.5 Å². The average Bonchev–Trinajstić information content (AvgIpc) is 3.07. The van der Waals surface area contributed by atoms with Gasteiger partial charge >= 0.3 is 0 Å². The van der Waals surface area contributed by atoms with Crippen LogP contribution in [0.25, 0.3) is 6.08 Å².